The Morgan fingerprint density at radius 3 is 3.00 bits per heavy atom. The topological polar surface area (TPSA) is 67.6 Å². The maximum atomic E-state index is 11.1. The van der Waals surface area contributed by atoms with Crippen molar-refractivity contribution in [3.05, 3.63) is 0 Å². The van der Waals surface area contributed by atoms with E-state index >= 15 is 0 Å². The number of likely N-dealkylation sites (tertiary alicyclic amines) is 1. The fourth-order valence-corrected chi connectivity index (χ4v) is 1.86. The van der Waals surface area contributed by atoms with Crippen LogP contribution >= 0.6 is 0 Å². The molecule has 0 bridgehead atoms. The van der Waals surface area contributed by atoms with Gasteiger partial charge in [-0.15, -0.1) is 0 Å². The van der Waals surface area contributed by atoms with Crippen molar-refractivity contribution in [2.24, 2.45) is 5.84 Å². The van der Waals surface area contributed by atoms with E-state index in [9.17, 15) is 4.79 Å². The third-order valence-corrected chi connectivity index (χ3v) is 2.76. The number of ether oxygens (including phenoxy) is 1. The minimum absolute atomic E-state index is 0.118. The molecule has 1 amide bonds. The Hall–Kier alpha value is -0.650. The van der Waals surface area contributed by atoms with Crippen molar-refractivity contribution < 1.29 is 9.53 Å². The van der Waals surface area contributed by atoms with Crippen LogP contribution in [0.5, 0.6) is 0 Å². The Labute approximate surface area is 84.5 Å². The maximum Gasteiger partial charge on any atom is 0.248 e. The number of carbonyl (C=O) groups excluding carboxylic acids is 1. The fraction of sp³-hybridized carbons (Fsp3) is 0.889. The Morgan fingerprint density at radius 1 is 1.71 bits per heavy atom. The van der Waals surface area contributed by atoms with Crippen LogP contribution < -0.4 is 11.3 Å². The van der Waals surface area contributed by atoms with Crippen LogP contribution in [0.4, 0.5) is 0 Å². The highest BCUT2D eigenvalue weighted by Gasteiger charge is 2.31. The molecule has 5 heteroatoms. The number of amides is 1. The zero-order chi connectivity index (χ0) is 10.6. The monoisotopic (exact) mass is 201 g/mol. The zero-order valence-electron chi connectivity index (χ0n) is 8.88. The van der Waals surface area contributed by atoms with E-state index < -0.39 is 0 Å². The van der Waals surface area contributed by atoms with E-state index in [-0.39, 0.29) is 11.5 Å². The van der Waals surface area contributed by atoms with Gasteiger partial charge in [-0.3, -0.25) is 15.1 Å². The second-order valence-corrected chi connectivity index (χ2v) is 4.04. The van der Waals surface area contributed by atoms with Gasteiger partial charge >= 0.3 is 0 Å². The van der Waals surface area contributed by atoms with Gasteiger partial charge in [-0.05, 0) is 26.3 Å². The average molecular weight is 201 g/mol. The molecule has 0 aromatic carbocycles. The molecule has 1 fully saturated rings. The lowest BCUT2D eigenvalue weighted by Crippen LogP contribution is -2.51. The Balaban J connectivity index is 2.44. The van der Waals surface area contributed by atoms with Gasteiger partial charge in [0.15, 0.2) is 0 Å². The summed E-state index contributed by atoms with van der Waals surface area (Å²) in [5.74, 6) is 4.88. The molecule has 0 saturated carbocycles. The van der Waals surface area contributed by atoms with E-state index in [1.165, 1.54) is 0 Å². The van der Waals surface area contributed by atoms with Gasteiger partial charge in [0.1, 0.15) is 0 Å². The maximum absolute atomic E-state index is 11.1. The molecule has 0 aromatic rings. The van der Waals surface area contributed by atoms with Crippen LogP contribution in [0.2, 0.25) is 0 Å². The number of hydrazine groups is 1. The molecule has 1 aliphatic heterocycles. The van der Waals surface area contributed by atoms with Gasteiger partial charge in [-0.2, -0.15) is 0 Å². The van der Waals surface area contributed by atoms with Crippen LogP contribution in [0.25, 0.3) is 0 Å². The molecule has 0 aromatic heterocycles. The van der Waals surface area contributed by atoms with Crippen LogP contribution in [-0.4, -0.2) is 43.2 Å². The number of nitrogens with two attached hydrogens (primary N) is 1. The molecule has 1 saturated heterocycles. The smallest absolute Gasteiger partial charge is 0.248 e. The van der Waals surface area contributed by atoms with Gasteiger partial charge in [0, 0.05) is 13.7 Å². The second-order valence-electron chi connectivity index (χ2n) is 4.04. The molecular weight excluding hydrogens is 182 g/mol. The highest BCUT2D eigenvalue weighted by Crippen LogP contribution is 2.23. The third-order valence-electron chi connectivity index (χ3n) is 2.76. The van der Waals surface area contributed by atoms with Gasteiger partial charge < -0.3 is 4.74 Å². The molecule has 1 rings (SSSR count). The largest absolute Gasteiger partial charge is 0.377 e. The fourth-order valence-electron chi connectivity index (χ4n) is 1.86. The first kappa shape index (κ1) is 11.4. The quantitative estimate of drug-likeness (QED) is 0.366. The summed E-state index contributed by atoms with van der Waals surface area (Å²) in [6.07, 6.45) is 2.10. The molecule has 0 radical (unpaired) electrons. The standard InChI is InChI=1S/C9H19N3O2/c1-9(14-2)4-3-5-12(7-9)6-8(13)11-10/h3-7,10H2,1-2H3,(H,11,13). The van der Waals surface area contributed by atoms with Crippen molar-refractivity contribution in [2.45, 2.75) is 25.4 Å². The Morgan fingerprint density at radius 2 is 2.43 bits per heavy atom. The molecule has 5 nitrogen and oxygen atoms in total. The predicted octanol–water partition coefficient (Wildman–Crippen LogP) is -0.523. The first-order valence-corrected chi connectivity index (χ1v) is 4.86. The van der Waals surface area contributed by atoms with Gasteiger partial charge in [0.2, 0.25) is 5.91 Å². The van der Waals surface area contributed by atoms with Crippen molar-refractivity contribution in [3.8, 4) is 0 Å². The van der Waals surface area contributed by atoms with E-state index in [2.05, 4.69) is 17.2 Å². The predicted molar refractivity (Wildman–Crippen MR) is 53.4 cm³/mol. The number of methoxy groups -OCH3 is 1. The SMILES string of the molecule is COC1(C)CCCN(CC(=O)NN)C1. The molecule has 1 heterocycles. The molecule has 82 valence electrons. The summed E-state index contributed by atoms with van der Waals surface area (Å²) in [6, 6.07) is 0. The number of nitrogens with zero attached hydrogens (tertiary/aromatic N) is 1. The summed E-state index contributed by atoms with van der Waals surface area (Å²) in [4.78, 5) is 13.1. The van der Waals surface area contributed by atoms with E-state index in [0.29, 0.717) is 6.54 Å². The lowest BCUT2D eigenvalue weighted by Gasteiger charge is -2.38. The van der Waals surface area contributed by atoms with Gasteiger partial charge in [-0.25, -0.2) is 5.84 Å². The minimum Gasteiger partial charge on any atom is -0.377 e. The average Bonchev–Trinajstić information content (AvgIpc) is 2.18. The molecule has 14 heavy (non-hydrogen) atoms. The number of hydrogen-bond donors (Lipinski definition) is 2. The summed E-state index contributed by atoms with van der Waals surface area (Å²) in [5, 5.41) is 0. The minimum atomic E-state index is -0.148. The van der Waals surface area contributed by atoms with Crippen molar-refractivity contribution >= 4 is 5.91 Å². The number of piperidine rings is 1. The van der Waals surface area contributed by atoms with Crippen LogP contribution in [0.15, 0.2) is 0 Å². The highest BCUT2D eigenvalue weighted by atomic mass is 16.5. The van der Waals surface area contributed by atoms with E-state index in [1.807, 2.05) is 0 Å². The van der Waals surface area contributed by atoms with Gasteiger partial charge in [0.05, 0.1) is 12.1 Å². The van der Waals surface area contributed by atoms with Crippen molar-refractivity contribution in [3.63, 3.8) is 0 Å². The van der Waals surface area contributed by atoms with Gasteiger partial charge in [0.25, 0.3) is 0 Å². The van der Waals surface area contributed by atoms with E-state index in [1.54, 1.807) is 7.11 Å². The number of hydrogen-bond acceptors (Lipinski definition) is 4. The van der Waals surface area contributed by atoms with Crippen molar-refractivity contribution in [1.29, 1.82) is 0 Å². The number of carbonyl (C=O) groups is 1. The lowest BCUT2D eigenvalue weighted by molar-refractivity contribution is -0.124. The summed E-state index contributed by atoms with van der Waals surface area (Å²) in [7, 11) is 1.71. The van der Waals surface area contributed by atoms with Crippen LogP contribution in [-0.2, 0) is 9.53 Å². The van der Waals surface area contributed by atoms with Crippen LogP contribution in [0, 0.1) is 0 Å². The molecule has 1 aliphatic rings. The lowest BCUT2D eigenvalue weighted by atomic mass is 9.95. The summed E-state index contributed by atoms with van der Waals surface area (Å²) >= 11 is 0. The third kappa shape index (κ3) is 2.94. The molecule has 0 spiro atoms. The molecular formula is C9H19N3O2. The van der Waals surface area contributed by atoms with Gasteiger partial charge in [-0.1, -0.05) is 0 Å². The summed E-state index contributed by atoms with van der Waals surface area (Å²) < 4.78 is 5.42. The van der Waals surface area contributed by atoms with E-state index in [4.69, 9.17) is 10.6 Å². The van der Waals surface area contributed by atoms with Crippen molar-refractivity contribution in [1.82, 2.24) is 10.3 Å². The molecule has 0 aliphatic carbocycles. The normalized spacial score (nSPS) is 28.8. The summed E-state index contributed by atoms with van der Waals surface area (Å²) in [5.41, 5.74) is 2.02. The first-order valence-electron chi connectivity index (χ1n) is 4.86. The van der Waals surface area contributed by atoms with Crippen LogP contribution in [0.1, 0.15) is 19.8 Å². The molecule has 3 N–H and O–H groups in total. The molecule has 1 unspecified atom stereocenters. The number of nitrogens with one attached hydrogen (secondary N) is 1. The zero-order valence-corrected chi connectivity index (χ0v) is 8.88. The first-order chi connectivity index (χ1) is 6.59. The van der Waals surface area contributed by atoms with Crippen LogP contribution in [0.3, 0.4) is 0 Å². The Bertz CT molecular complexity index is 210. The van der Waals surface area contributed by atoms with E-state index in [0.717, 1.165) is 25.9 Å². The van der Waals surface area contributed by atoms with Crippen molar-refractivity contribution in [2.75, 3.05) is 26.7 Å². The highest BCUT2D eigenvalue weighted by molar-refractivity contribution is 5.77. The Kier molecular flexibility index (Phi) is 3.86. The molecule has 1 atom stereocenters. The summed E-state index contributed by atoms with van der Waals surface area (Å²) in [6.45, 7) is 4.15. The second kappa shape index (κ2) is 4.72. The number of rotatable bonds is 3.